The van der Waals surface area contributed by atoms with Crippen LogP contribution in [0.1, 0.15) is 31.0 Å². The Kier molecular flexibility index (Phi) is 4.10. The van der Waals surface area contributed by atoms with E-state index in [2.05, 4.69) is 10.3 Å². The SMILES string of the molecule is CCC(C)NCc1nc(C(F)(F)F)cs1. The minimum Gasteiger partial charge on any atom is -0.308 e. The van der Waals surface area contributed by atoms with E-state index in [1.807, 2.05) is 13.8 Å². The first-order chi connectivity index (χ1) is 6.93. The van der Waals surface area contributed by atoms with Crippen LogP contribution in [0.2, 0.25) is 0 Å². The van der Waals surface area contributed by atoms with Gasteiger partial charge in [0.15, 0.2) is 5.69 Å². The van der Waals surface area contributed by atoms with Crippen LogP contribution in [0.25, 0.3) is 0 Å². The Morgan fingerprint density at radius 3 is 2.67 bits per heavy atom. The van der Waals surface area contributed by atoms with E-state index in [1.54, 1.807) is 0 Å². The van der Waals surface area contributed by atoms with Crippen LogP contribution >= 0.6 is 11.3 Å². The molecule has 86 valence electrons. The van der Waals surface area contributed by atoms with Crippen molar-refractivity contribution in [3.63, 3.8) is 0 Å². The Morgan fingerprint density at radius 1 is 1.53 bits per heavy atom. The average Bonchev–Trinajstić information content (AvgIpc) is 2.61. The van der Waals surface area contributed by atoms with Gasteiger partial charge in [0.2, 0.25) is 0 Å². The smallest absolute Gasteiger partial charge is 0.308 e. The predicted molar refractivity (Wildman–Crippen MR) is 53.7 cm³/mol. The molecule has 2 nitrogen and oxygen atoms in total. The monoisotopic (exact) mass is 238 g/mol. The van der Waals surface area contributed by atoms with Crippen LogP contribution in [-0.4, -0.2) is 11.0 Å². The first kappa shape index (κ1) is 12.4. The number of nitrogens with zero attached hydrogens (tertiary/aromatic N) is 1. The molecule has 1 aromatic rings. The minimum atomic E-state index is -4.33. The number of alkyl halides is 3. The van der Waals surface area contributed by atoms with Gasteiger partial charge in [-0.2, -0.15) is 13.2 Å². The van der Waals surface area contributed by atoms with Crippen molar-refractivity contribution < 1.29 is 13.2 Å². The number of hydrogen-bond donors (Lipinski definition) is 1. The van der Waals surface area contributed by atoms with Crippen molar-refractivity contribution in [1.82, 2.24) is 10.3 Å². The number of thiazole rings is 1. The molecule has 0 fully saturated rings. The van der Waals surface area contributed by atoms with Gasteiger partial charge in [0.1, 0.15) is 5.01 Å². The molecule has 15 heavy (non-hydrogen) atoms. The first-order valence-electron chi connectivity index (χ1n) is 4.68. The molecule has 0 saturated heterocycles. The van der Waals surface area contributed by atoms with E-state index in [9.17, 15) is 13.2 Å². The molecular weight excluding hydrogens is 225 g/mol. The zero-order chi connectivity index (χ0) is 11.5. The van der Waals surface area contributed by atoms with E-state index in [-0.39, 0.29) is 0 Å². The van der Waals surface area contributed by atoms with Crippen molar-refractivity contribution in [2.24, 2.45) is 0 Å². The number of aromatic nitrogens is 1. The molecule has 1 aromatic heterocycles. The molecule has 0 aliphatic heterocycles. The van der Waals surface area contributed by atoms with Crippen molar-refractivity contribution >= 4 is 11.3 Å². The largest absolute Gasteiger partial charge is 0.434 e. The standard InChI is InChI=1S/C9H13F3N2S/c1-3-6(2)13-4-8-14-7(5-15-8)9(10,11)12/h5-6,13H,3-4H2,1-2H3. The molecule has 1 rings (SSSR count). The summed E-state index contributed by atoms with van der Waals surface area (Å²) in [5, 5.41) is 4.62. The third-order valence-electron chi connectivity index (χ3n) is 2.06. The quantitative estimate of drug-likeness (QED) is 0.872. The Balaban J connectivity index is 2.54. The molecule has 0 radical (unpaired) electrons. The van der Waals surface area contributed by atoms with Gasteiger partial charge in [0, 0.05) is 18.0 Å². The third kappa shape index (κ3) is 3.79. The number of nitrogens with one attached hydrogen (secondary N) is 1. The van der Waals surface area contributed by atoms with Gasteiger partial charge in [0.25, 0.3) is 0 Å². The normalized spacial score (nSPS) is 14.2. The summed E-state index contributed by atoms with van der Waals surface area (Å²) in [6.45, 7) is 4.40. The van der Waals surface area contributed by atoms with Gasteiger partial charge in [-0.15, -0.1) is 11.3 Å². The van der Waals surface area contributed by atoms with E-state index in [0.29, 0.717) is 17.6 Å². The molecule has 1 atom stereocenters. The van der Waals surface area contributed by atoms with Gasteiger partial charge in [-0.05, 0) is 13.3 Å². The van der Waals surface area contributed by atoms with Crippen LogP contribution in [0.15, 0.2) is 5.38 Å². The predicted octanol–water partition coefficient (Wildman–Crippen LogP) is 3.05. The fourth-order valence-electron chi connectivity index (χ4n) is 0.928. The Hall–Kier alpha value is -0.620. The van der Waals surface area contributed by atoms with Crippen molar-refractivity contribution in [2.75, 3.05) is 0 Å². The van der Waals surface area contributed by atoms with Crippen molar-refractivity contribution in [3.05, 3.63) is 16.1 Å². The van der Waals surface area contributed by atoms with Gasteiger partial charge < -0.3 is 5.32 Å². The first-order valence-corrected chi connectivity index (χ1v) is 5.56. The van der Waals surface area contributed by atoms with Crippen LogP contribution < -0.4 is 5.32 Å². The van der Waals surface area contributed by atoms with Crippen LogP contribution in [0.5, 0.6) is 0 Å². The van der Waals surface area contributed by atoms with E-state index < -0.39 is 11.9 Å². The van der Waals surface area contributed by atoms with E-state index in [0.717, 1.165) is 23.1 Å². The van der Waals surface area contributed by atoms with Gasteiger partial charge in [0.05, 0.1) is 0 Å². The molecule has 0 bridgehead atoms. The van der Waals surface area contributed by atoms with E-state index in [4.69, 9.17) is 0 Å². The van der Waals surface area contributed by atoms with Crippen molar-refractivity contribution in [3.8, 4) is 0 Å². The summed E-state index contributed by atoms with van der Waals surface area (Å²) in [7, 11) is 0. The molecular formula is C9H13F3N2S. The molecule has 0 saturated carbocycles. The zero-order valence-corrected chi connectivity index (χ0v) is 9.37. The molecule has 0 amide bonds. The maximum atomic E-state index is 12.2. The average molecular weight is 238 g/mol. The van der Waals surface area contributed by atoms with Crippen molar-refractivity contribution in [2.45, 2.75) is 39.0 Å². The second-order valence-corrected chi connectivity index (χ2v) is 4.26. The lowest BCUT2D eigenvalue weighted by molar-refractivity contribution is -0.140. The summed E-state index contributed by atoms with van der Waals surface area (Å²) in [6.07, 6.45) is -3.39. The molecule has 0 aliphatic carbocycles. The van der Waals surface area contributed by atoms with Gasteiger partial charge in [-0.25, -0.2) is 4.98 Å². The van der Waals surface area contributed by atoms with Crippen LogP contribution in [-0.2, 0) is 12.7 Å². The molecule has 1 unspecified atom stereocenters. The second-order valence-electron chi connectivity index (χ2n) is 3.31. The van der Waals surface area contributed by atoms with Crippen LogP contribution in [0.3, 0.4) is 0 Å². The topological polar surface area (TPSA) is 24.9 Å². The lowest BCUT2D eigenvalue weighted by atomic mass is 10.3. The molecule has 1 N–H and O–H groups in total. The maximum Gasteiger partial charge on any atom is 0.434 e. The maximum absolute atomic E-state index is 12.2. The Bertz CT molecular complexity index is 309. The highest BCUT2D eigenvalue weighted by Gasteiger charge is 2.33. The lowest BCUT2D eigenvalue weighted by Gasteiger charge is -2.08. The molecule has 0 aliphatic rings. The van der Waals surface area contributed by atoms with Gasteiger partial charge >= 0.3 is 6.18 Å². The highest BCUT2D eigenvalue weighted by atomic mass is 32.1. The van der Waals surface area contributed by atoms with Crippen LogP contribution in [0, 0.1) is 0 Å². The second kappa shape index (κ2) is 4.94. The Labute approximate surface area is 90.5 Å². The van der Waals surface area contributed by atoms with Gasteiger partial charge in [-0.3, -0.25) is 0 Å². The molecule has 6 heteroatoms. The summed E-state index contributed by atoms with van der Waals surface area (Å²) in [5.74, 6) is 0. The molecule has 1 heterocycles. The lowest BCUT2D eigenvalue weighted by Crippen LogP contribution is -2.24. The summed E-state index contributed by atoms with van der Waals surface area (Å²) < 4.78 is 36.6. The van der Waals surface area contributed by atoms with Gasteiger partial charge in [-0.1, -0.05) is 6.92 Å². The minimum absolute atomic E-state index is 0.295. The fourth-order valence-corrected chi connectivity index (χ4v) is 1.68. The molecule has 0 aromatic carbocycles. The third-order valence-corrected chi connectivity index (χ3v) is 2.91. The van der Waals surface area contributed by atoms with Crippen LogP contribution in [0.4, 0.5) is 13.2 Å². The Morgan fingerprint density at radius 2 is 2.20 bits per heavy atom. The number of halogens is 3. The summed E-state index contributed by atoms with van der Waals surface area (Å²) in [6, 6.07) is 0.295. The van der Waals surface area contributed by atoms with E-state index in [1.165, 1.54) is 0 Å². The molecule has 0 spiro atoms. The van der Waals surface area contributed by atoms with Crippen molar-refractivity contribution in [1.29, 1.82) is 0 Å². The zero-order valence-electron chi connectivity index (χ0n) is 8.56. The summed E-state index contributed by atoms with van der Waals surface area (Å²) in [5.41, 5.74) is -0.798. The highest BCUT2D eigenvalue weighted by molar-refractivity contribution is 7.09. The number of hydrogen-bond acceptors (Lipinski definition) is 3. The summed E-state index contributed by atoms with van der Waals surface area (Å²) >= 11 is 1.04. The summed E-state index contributed by atoms with van der Waals surface area (Å²) in [4.78, 5) is 3.52. The number of rotatable bonds is 4. The highest BCUT2D eigenvalue weighted by Crippen LogP contribution is 2.29. The van der Waals surface area contributed by atoms with E-state index >= 15 is 0 Å². The fraction of sp³-hybridized carbons (Fsp3) is 0.667.